The van der Waals surface area contributed by atoms with E-state index in [1.54, 1.807) is 4.90 Å². The second-order valence-electron chi connectivity index (χ2n) is 4.43. The van der Waals surface area contributed by atoms with Crippen LogP contribution in [0.4, 0.5) is 10.5 Å². The van der Waals surface area contributed by atoms with Gasteiger partial charge in [0, 0.05) is 18.8 Å². The highest BCUT2D eigenvalue weighted by atomic mass is 16.5. The number of hydrogen-bond donors (Lipinski definition) is 1. The molecule has 1 fully saturated rings. The third-order valence-electron chi connectivity index (χ3n) is 2.80. The van der Waals surface area contributed by atoms with Crippen LogP contribution in [0.1, 0.15) is 12.5 Å². The first-order chi connectivity index (χ1) is 8.15. The highest BCUT2D eigenvalue weighted by molar-refractivity contribution is 5.89. The van der Waals surface area contributed by atoms with Gasteiger partial charge in [0.2, 0.25) is 0 Å². The van der Waals surface area contributed by atoms with Crippen LogP contribution in [0.15, 0.2) is 24.3 Å². The van der Waals surface area contributed by atoms with Crippen molar-refractivity contribution < 1.29 is 9.53 Å². The lowest BCUT2D eigenvalue weighted by molar-refractivity contribution is -0.00138. The van der Waals surface area contributed by atoms with Crippen molar-refractivity contribution in [1.82, 2.24) is 4.90 Å². The zero-order valence-electron chi connectivity index (χ0n) is 10.3. The predicted molar refractivity (Wildman–Crippen MR) is 67.2 cm³/mol. The highest BCUT2D eigenvalue weighted by Gasteiger charge is 2.21. The van der Waals surface area contributed by atoms with Gasteiger partial charge in [-0.15, -0.1) is 0 Å². The summed E-state index contributed by atoms with van der Waals surface area (Å²) in [6, 6.07) is 7.75. The Kier molecular flexibility index (Phi) is 3.64. The first-order valence-electron chi connectivity index (χ1n) is 5.89. The van der Waals surface area contributed by atoms with E-state index in [2.05, 4.69) is 5.32 Å². The van der Waals surface area contributed by atoms with Crippen molar-refractivity contribution >= 4 is 11.7 Å². The molecule has 4 nitrogen and oxygen atoms in total. The number of hydrogen-bond acceptors (Lipinski definition) is 2. The maximum absolute atomic E-state index is 12.0. The average Bonchev–Trinajstić information content (AvgIpc) is 2.29. The standard InChI is InChI=1S/C13H18N2O2/c1-10-4-3-5-12(8-10)14-13(16)15-6-7-17-11(2)9-15/h3-5,8,11H,6-7,9H2,1-2H3,(H,14,16)/t11-/m0/s1. The molecule has 1 atom stereocenters. The van der Waals surface area contributed by atoms with Gasteiger partial charge in [0.15, 0.2) is 0 Å². The number of benzene rings is 1. The Morgan fingerprint density at radius 1 is 1.53 bits per heavy atom. The topological polar surface area (TPSA) is 41.6 Å². The van der Waals surface area contributed by atoms with Crippen molar-refractivity contribution in [2.24, 2.45) is 0 Å². The minimum Gasteiger partial charge on any atom is -0.375 e. The molecule has 0 spiro atoms. The molecule has 0 radical (unpaired) electrons. The molecule has 1 aromatic rings. The van der Waals surface area contributed by atoms with Gasteiger partial charge in [0.05, 0.1) is 12.7 Å². The summed E-state index contributed by atoms with van der Waals surface area (Å²) in [6.07, 6.45) is 0.118. The Morgan fingerprint density at radius 3 is 3.06 bits per heavy atom. The number of morpholine rings is 1. The molecule has 1 saturated heterocycles. The van der Waals surface area contributed by atoms with E-state index in [1.807, 2.05) is 38.1 Å². The number of carbonyl (C=O) groups excluding carboxylic acids is 1. The maximum atomic E-state index is 12.0. The van der Waals surface area contributed by atoms with Gasteiger partial charge in [-0.25, -0.2) is 4.79 Å². The van der Waals surface area contributed by atoms with Gasteiger partial charge in [-0.3, -0.25) is 0 Å². The molecule has 2 amide bonds. The third-order valence-corrected chi connectivity index (χ3v) is 2.80. The molecule has 1 N–H and O–H groups in total. The van der Waals surface area contributed by atoms with Crippen LogP contribution in [-0.2, 0) is 4.74 Å². The van der Waals surface area contributed by atoms with Crippen LogP contribution in [-0.4, -0.2) is 36.7 Å². The van der Waals surface area contributed by atoms with Crippen LogP contribution in [0.5, 0.6) is 0 Å². The zero-order chi connectivity index (χ0) is 12.3. The zero-order valence-corrected chi connectivity index (χ0v) is 10.3. The Labute approximate surface area is 102 Å². The molecule has 92 valence electrons. The molecular weight excluding hydrogens is 216 g/mol. The fourth-order valence-corrected chi connectivity index (χ4v) is 1.93. The summed E-state index contributed by atoms with van der Waals surface area (Å²) in [6.45, 7) is 5.90. The molecule has 0 saturated carbocycles. The summed E-state index contributed by atoms with van der Waals surface area (Å²) in [7, 11) is 0. The molecule has 1 heterocycles. The molecule has 0 aromatic heterocycles. The van der Waals surface area contributed by atoms with Crippen LogP contribution in [0.25, 0.3) is 0 Å². The van der Waals surface area contributed by atoms with Crippen molar-refractivity contribution in [3.05, 3.63) is 29.8 Å². The van der Waals surface area contributed by atoms with Gasteiger partial charge in [-0.1, -0.05) is 12.1 Å². The fourth-order valence-electron chi connectivity index (χ4n) is 1.93. The summed E-state index contributed by atoms with van der Waals surface area (Å²) >= 11 is 0. The number of anilines is 1. The summed E-state index contributed by atoms with van der Waals surface area (Å²) in [5.74, 6) is 0. The Balaban J connectivity index is 1.96. The predicted octanol–water partition coefficient (Wildman–Crippen LogP) is 2.25. The Bertz CT molecular complexity index is 406. The van der Waals surface area contributed by atoms with Crippen molar-refractivity contribution in [2.45, 2.75) is 20.0 Å². The molecule has 2 rings (SSSR count). The number of ether oxygens (including phenoxy) is 1. The summed E-state index contributed by atoms with van der Waals surface area (Å²) in [5.41, 5.74) is 1.98. The highest BCUT2D eigenvalue weighted by Crippen LogP contribution is 2.12. The SMILES string of the molecule is Cc1cccc(NC(=O)N2CCO[C@@H](C)C2)c1. The van der Waals surface area contributed by atoms with E-state index in [4.69, 9.17) is 4.74 Å². The quantitative estimate of drug-likeness (QED) is 0.809. The molecule has 4 heteroatoms. The number of nitrogens with one attached hydrogen (secondary N) is 1. The average molecular weight is 234 g/mol. The minimum absolute atomic E-state index is 0.0502. The van der Waals surface area contributed by atoms with E-state index in [-0.39, 0.29) is 12.1 Å². The molecule has 0 unspecified atom stereocenters. The largest absolute Gasteiger partial charge is 0.375 e. The van der Waals surface area contributed by atoms with E-state index in [9.17, 15) is 4.79 Å². The normalized spacial score (nSPS) is 20.1. The minimum atomic E-state index is -0.0502. The molecule has 0 bridgehead atoms. The lowest BCUT2D eigenvalue weighted by Crippen LogP contribution is -2.46. The fraction of sp³-hybridized carbons (Fsp3) is 0.462. The number of rotatable bonds is 1. The molecule has 1 aromatic carbocycles. The van der Waals surface area contributed by atoms with Gasteiger partial charge in [-0.05, 0) is 31.5 Å². The van der Waals surface area contributed by atoms with E-state index < -0.39 is 0 Å². The third kappa shape index (κ3) is 3.20. The molecular formula is C13H18N2O2. The van der Waals surface area contributed by atoms with Gasteiger partial charge < -0.3 is 15.0 Å². The molecule has 1 aliphatic heterocycles. The summed E-state index contributed by atoms with van der Waals surface area (Å²) in [4.78, 5) is 13.8. The monoisotopic (exact) mass is 234 g/mol. The Hall–Kier alpha value is -1.55. The van der Waals surface area contributed by atoms with E-state index in [0.29, 0.717) is 19.7 Å². The molecule has 17 heavy (non-hydrogen) atoms. The smallest absolute Gasteiger partial charge is 0.322 e. The second-order valence-corrected chi connectivity index (χ2v) is 4.43. The number of carbonyl (C=O) groups is 1. The van der Waals surface area contributed by atoms with Crippen molar-refractivity contribution in [3.8, 4) is 0 Å². The van der Waals surface area contributed by atoms with Gasteiger partial charge >= 0.3 is 6.03 Å². The number of nitrogens with zero attached hydrogens (tertiary/aromatic N) is 1. The van der Waals surface area contributed by atoms with Crippen LogP contribution < -0.4 is 5.32 Å². The second kappa shape index (κ2) is 5.19. The van der Waals surface area contributed by atoms with Crippen molar-refractivity contribution in [2.75, 3.05) is 25.0 Å². The first-order valence-corrected chi connectivity index (χ1v) is 5.89. The van der Waals surface area contributed by atoms with Gasteiger partial charge in [-0.2, -0.15) is 0 Å². The van der Waals surface area contributed by atoms with Crippen molar-refractivity contribution in [1.29, 1.82) is 0 Å². The summed E-state index contributed by atoms with van der Waals surface area (Å²) in [5, 5.41) is 2.90. The lowest BCUT2D eigenvalue weighted by atomic mass is 10.2. The van der Waals surface area contributed by atoms with Crippen LogP contribution in [0, 0.1) is 6.92 Å². The maximum Gasteiger partial charge on any atom is 0.322 e. The van der Waals surface area contributed by atoms with Gasteiger partial charge in [0.1, 0.15) is 0 Å². The first kappa shape index (κ1) is 11.9. The van der Waals surface area contributed by atoms with Gasteiger partial charge in [0.25, 0.3) is 0 Å². The molecule has 1 aliphatic rings. The number of amides is 2. The van der Waals surface area contributed by atoms with E-state index in [1.165, 1.54) is 0 Å². The number of aryl methyl sites for hydroxylation is 1. The molecule has 0 aliphatic carbocycles. The van der Waals surface area contributed by atoms with Crippen LogP contribution in [0.2, 0.25) is 0 Å². The van der Waals surface area contributed by atoms with Crippen LogP contribution in [0.3, 0.4) is 0 Å². The lowest BCUT2D eigenvalue weighted by Gasteiger charge is -2.31. The number of urea groups is 1. The van der Waals surface area contributed by atoms with Crippen molar-refractivity contribution in [3.63, 3.8) is 0 Å². The van der Waals surface area contributed by atoms with Crippen LogP contribution >= 0.6 is 0 Å². The van der Waals surface area contributed by atoms with E-state index in [0.717, 1.165) is 11.3 Å². The van der Waals surface area contributed by atoms with E-state index >= 15 is 0 Å². The summed E-state index contributed by atoms with van der Waals surface area (Å²) < 4.78 is 5.41. The Morgan fingerprint density at radius 2 is 2.35 bits per heavy atom.